The van der Waals surface area contributed by atoms with Crippen LogP contribution >= 0.6 is 15.9 Å². The van der Waals surface area contributed by atoms with Gasteiger partial charge in [-0.25, -0.2) is 0 Å². The Balaban J connectivity index is 2.00. The molecule has 16 heavy (non-hydrogen) atoms. The second kappa shape index (κ2) is 5.71. The summed E-state index contributed by atoms with van der Waals surface area (Å²) >= 11 is 3.46. The molecule has 0 fully saturated rings. The zero-order valence-corrected chi connectivity index (χ0v) is 10.5. The maximum Gasteiger partial charge on any atom is 0.0650 e. The van der Waals surface area contributed by atoms with Crippen molar-refractivity contribution in [2.24, 2.45) is 0 Å². The first-order valence-electron chi connectivity index (χ1n) is 5.23. The number of hydrogen-bond donors (Lipinski definition) is 0. The molecular weight excluding hydrogens is 262 g/mol. The molecule has 1 aromatic carbocycles. The lowest BCUT2D eigenvalue weighted by atomic mass is 10.1. The molecule has 2 heteroatoms. The quantitative estimate of drug-likeness (QED) is 0.746. The van der Waals surface area contributed by atoms with Crippen molar-refractivity contribution >= 4 is 22.0 Å². The van der Waals surface area contributed by atoms with Crippen LogP contribution in [0.15, 0.2) is 48.7 Å². The van der Waals surface area contributed by atoms with Crippen molar-refractivity contribution < 1.29 is 0 Å². The van der Waals surface area contributed by atoms with E-state index in [1.165, 1.54) is 11.1 Å². The first kappa shape index (κ1) is 11.2. The maximum absolute atomic E-state index is 3.46. The van der Waals surface area contributed by atoms with Gasteiger partial charge in [-0.3, -0.25) is 0 Å². The summed E-state index contributed by atoms with van der Waals surface area (Å²) in [6.45, 7) is 0.867. The molecule has 0 bridgehead atoms. The van der Waals surface area contributed by atoms with Crippen LogP contribution in [0.5, 0.6) is 0 Å². The summed E-state index contributed by atoms with van der Waals surface area (Å²) < 4.78 is 2.02. The molecule has 0 aliphatic heterocycles. The molecule has 2 aromatic rings. The number of benzene rings is 1. The van der Waals surface area contributed by atoms with Crippen molar-refractivity contribution in [2.75, 3.05) is 0 Å². The molecule has 0 unspecified atom stereocenters. The third-order valence-corrected chi connectivity index (χ3v) is 2.97. The predicted molar refractivity (Wildman–Crippen MR) is 71.4 cm³/mol. The third-order valence-electron chi connectivity index (χ3n) is 2.32. The minimum absolute atomic E-state index is 0.867. The topological polar surface area (TPSA) is 4.93 Å². The van der Waals surface area contributed by atoms with Gasteiger partial charge in [0.2, 0.25) is 0 Å². The lowest BCUT2D eigenvalue weighted by Crippen LogP contribution is -1.89. The number of nitrogens with zero attached hydrogens (tertiary/aromatic N) is 1. The minimum atomic E-state index is 0.867. The molecule has 0 saturated carbocycles. The van der Waals surface area contributed by atoms with Gasteiger partial charge in [0.15, 0.2) is 0 Å². The van der Waals surface area contributed by atoms with Gasteiger partial charge in [0.25, 0.3) is 0 Å². The van der Waals surface area contributed by atoms with E-state index >= 15 is 0 Å². The van der Waals surface area contributed by atoms with Gasteiger partial charge in [-0.1, -0.05) is 52.3 Å². The number of halogens is 1. The Labute approximate surface area is 105 Å². The van der Waals surface area contributed by atoms with Crippen LogP contribution in [-0.2, 0) is 11.9 Å². The van der Waals surface area contributed by atoms with Crippen LogP contribution in [0.3, 0.4) is 0 Å². The van der Waals surface area contributed by atoms with Crippen LogP contribution in [0.25, 0.3) is 6.08 Å². The van der Waals surface area contributed by atoms with E-state index < -0.39 is 0 Å². The van der Waals surface area contributed by atoms with Crippen LogP contribution in [0.4, 0.5) is 0 Å². The maximum atomic E-state index is 3.46. The Morgan fingerprint density at radius 1 is 1.31 bits per heavy atom. The van der Waals surface area contributed by atoms with E-state index in [2.05, 4.69) is 58.5 Å². The van der Waals surface area contributed by atoms with E-state index in [0.29, 0.717) is 0 Å². The molecule has 0 N–H and O–H groups in total. The molecule has 0 spiro atoms. The van der Waals surface area contributed by atoms with Crippen molar-refractivity contribution in [3.63, 3.8) is 0 Å². The molecule has 0 amide bonds. The van der Waals surface area contributed by atoms with Crippen molar-refractivity contribution in [1.82, 2.24) is 4.57 Å². The number of hydrogen-bond acceptors (Lipinski definition) is 0. The normalized spacial score (nSPS) is 11.1. The first-order chi connectivity index (χ1) is 7.88. The van der Waals surface area contributed by atoms with E-state index in [0.717, 1.165) is 11.9 Å². The van der Waals surface area contributed by atoms with Gasteiger partial charge in [-0.15, -0.1) is 0 Å². The highest BCUT2D eigenvalue weighted by molar-refractivity contribution is 9.08. The summed E-state index contributed by atoms with van der Waals surface area (Å²) in [6.07, 6.45) is 9.40. The summed E-state index contributed by atoms with van der Waals surface area (Å²) in [6, 6.07) is 12.4. The van der Waals surface area contributed by atoms with Gasteiger partial charge in [0, 0.05) is 18.1 Å². The summed E-state index contributed by atoms with van der Waals surface area (Å²) in [7, 11) is 0. The number of allylic oxidation sites excluding steroid dienone is 1. The Morgan fingerprint density at radius 2 is 2.25 bits per heavy atom. The average molecular weight is 275 g/mol. The zero-order chi connectivity index (χ0) is 11.2. The minimum Gasteiger partial charge on any atom is -0.342 e. The molecule has 0 atom stereocenters. The second-order valence-corrected chi connectivity index (χ2v) is 4.13. The second-order valence-electron chi connectivity index (χ2n) is 3.57. The van der Waals surface area contributed by atoms with Crippen molar-refractivity contribution in [3.05, 3.63) is 66.0 Å². The van der Waals surface area contributed by atoms with E-state index in [9.17, 15) is 0 Å². The fourth-order valence-electron chi connectivity index (χ4n) is 1.52. The summed E-state index contributed by atoms with van der Waals surface area (Å²) in [5, 5.41) is 0.903. The lowest BCUT2D eigenvalue weighted by molar-refractivity contribution is 0.826. The summed E-state index contributed by atoms with van der Waals surface area (Å²) in [5.74, 6) is 0. The highest BCUT2D eigenvalue weighted by atomic mass is 79.9. The molecule has 0 saturated heterocycles. The predicted octanol–water partition coefficient (Wildman–Crippen LogP) is 3.90. The molecule has 81 valence electrons. The molecule has 0 aliphatic carbocycles. The molecule has 2 rings (SSSR count). The van der Waals surface area contributed by atoms with Gasteiger partial charge in [-0.2, -0.15) is 0 Å². The van der Waals surface area contributed by atoms with Crippen LogP contribution in [-0.4, -0.2) is 4.57 Å². The van der Waals surface area contributed by atoms with E-state index in [-0.39, 0.29) is 0 Å². The van der Waals surface area contributed by atoms with Crippen molar-refractivity contribution in [3.8, 4) is 0 Å². The van der Waals surface area contributed by atoms with Crippen LogP contribution < -0.4 is 0 Å². The molecule has 1 aromatic heterocycles. The van der Waals surface area contributed by atoms with Crippen LogP contribution in [0.2, 0.25) is 0 Å². The van der Waals surface area contributed by atoms with E-state index in [1.54, 1.807) is 0 Å². The molecular formula is C14H13BrN. The molecule has 1 radical (unpaired) electrons. The van der Waals surface area contributed by atoms with Gasteiger partial charge >= 0.3 is 0 Å². The monoisotopic (exact) mass is 274 g/mol. The zero-order valence-electron chi connectivity index (χ0n) is 8.94. The Bertz CT molecular complexity index is 457. The van der Waals surface area contributed by atoms with Gasteiger partial charge in [-0.05, 0) is 23.3 Å². The van der Waals surface area contributed by atoms with E-state index in [1.807, 2.05) is 22.9 Å². The fraction of sp³-hybridized carbons (Fsp3) is 0.143. The highest BCUT2D eigenvalue weighted by Crippen LogP contribution is 2.10. The number of rotatable bonds is 4. The largest absolute Gasteiger partial charge is 0.342 e. The van der Waals surface area contributed by atoms with E-state index in [4.69, 9.17) is 0 Å². The Morgan fingerprint density at radius 3 is 3.00 bits per heavy atom. The number of aromatic nitrogens is 1. The van der Waals surface area contributed by atoms with Crippen molar-refractivity contribution in [1.29, 1.82) is 0 Å². The van der Waals surface area contributed by atoms with Crippen LogP contribution in [0, 0.1) is 6.20 Å². The highest BCUT2D eigenvalue weighted by Gasteiger charge is 1.91. The standard InChI is InChI=1S/C14H13BrN/c15-12-14-6-3-5-13(11-14)7-4-10-16-8-1-2-9-16/h1-8,11H,10,12H2/b7-4+. The lowest BCUT2D eigenvalue weighted by Gasteiger charge is -1.98. The van der Waals surface area contributed by atoms with Gasteiger partial charge < -0.3 is 4.57 Å². The van der Waals surface area contributed by atoms with Gasteiger partial charge in [0.1, 0.15) is 0 Å². The summed E-state index contributed by atoms with van der Waals surface area (Å²) in [5.41, 5.74) is 2.54. The van der Waals surface area contributed by atoms with Gasteiger partial charge in [0.05, 0.1) is 6.20 Å². The van der Waals surface area contributed by atoms with Crippen molar-refractivity contribution in [2.45, 2.75) is 11.9 Å². The van der Waals surface area contributed by atoms with Crippen LogP contribution in [0.1, 0.15) is 11.1 Å². The molecule has 1 heterocycles. The smallest absolute Gasteiger partial charge is 0.0650 e. The summed E-state index contributed by atoms with van der Waals surface area (Å²) in [4.78, 5) is 0. The fourth-order valence-corrected chi connectivity index (χ4v) is 1.87. The average Bonchev–Trinajstić information content (AvgIpc) is 2.82. The first-order valence-corrected chi connectivity index (χ1v) is 6.35. The SMILES string of the molecule is BrCc1cccc(/C=C/Cn2[c]ccc2)c1. The Kier molecular flexibility index (Phi) is 4.00. The third kappa shape index (κ3) is 3.11. The molecule has 0 aliphatic rings. The molecule has 1 nitrogen and oxygen atoms in total. The Hall–Kier alpha value is -1.28. The number of alkyl halides is 1.